The van der Waals surface area contributed by atoms with E-state index in [1.54, 1.807) is 14.0 Å². The molecule has 0 radical (unpaired) electrons. The summed E-state index contributed by atoms with van der Waals surface area (Å²) in [5.41, 5.74) is 1.90. The van der Waals surface area contributed by atoms with Crippen molar-refractivity contribution in [3.63, 3.8) is 0 Å². The highest BCUT2D eigenvalue weighted by atomic mass is 16.5. The monoisotopic (exact) mass is 382 g/mol. The fraction of sp³-hybridized carbons (Fsp3) is 0.286. The number of phenols is 2. The summed E-state index contributed by atoms with van der Waals surface area (Å²) in [6, 6.07) is 10.5. The molecule has 28 heavy (non-hydrogen) atoms. The number of hydrogen-bond donors (Lipinski definition) is 2. The van der Waals surface area contributed by atoms with E-state index in [2.05, 4.69) is 4.90 Å². The highest BCUT2D eigenvalue weighted by Crippen LogP contribution is 2.35. The van der Waals surface area contributed by atoms with Gasteiger partial charge in [-0.2, -0.15) is 0 Å². The van der Waals surface area contributed by atoms with Gasteiger partial charge in [-0.25, -0.2) is 4.79 Å². The molecule has 1 aromatic heterocycles. The molecule has 1 fully saturated rings. The van der Waals surface area contributed by atoms with Crippen LogP contribution in [0.25, 0.3) is 11.0 Å². The maximum Gasteiger partial charge on any atom is 0.360 e. The number of nitrogens with zero attached hydrogens (tertiary/aromatic N) is 2. The van der Waals surface area contributed by atoms with Crippen molar-refractivity contribution in [3.05, 3.63) is 52.4 Å². The van der Waals surface area contributed by atoms with Gasteiger partial charge in [0.1, 0.15) is 28.5 Å². The molecule has 0 spiro atoms. The van der Waals surface area contributed by atoms with E-state index < -0.39 is 5.63 Å². The number of anilines is 2. The lowest BCUT2D eigenvalue weighted by atomic mass is 10.1. The Labute approximate surface area is 162 Å². The van der Waals surface area contributed by atoms with Gasteiger partial charge in [-0.3, -0.25) is 0 Å². The van der Waals surface area contributed by atoms with E-state index in [4.69, 9.17) is 9.15 Å². The van der Waals surface area contributed by atoms with Crippen molar-refractivity contribution in [1.82, 2.24) is 0 Å². The Kier molecular flexibility index (Phi) is 4.50. The Morgan fingerprint density at radius 1 is 1.04 bits per heavy atom. The van der Waals surface area contributed by atoms with Crippen molar-refractivity contribution in [2.75, 3.05) is 43.1 Å². The predicted molar refractivity (Wildman–Crippen MR) is 108 cm³/mol. The van der Waals surface area contributed by atoms with Crippen LogP contribution in [0, 0.1) is 6.92 Å². The molecular weight excluding hydrogens is 360 g/mol. The minimum absolute atomic E-state index is 0.104. The van der Waals surface area contributed by atoms with Crippen LogP contribution in [-0.2, 0) is 0 Å². The number of piperazine rings is 1. The second-order valence-electron chi connectivity index (χ2n) is 6.88. The third-order valence-corrected chi connectivity index (χ3v) is 5.21. The first-order chi connectivity index (χ1) is 13.5. The van der Waals surface area contributed by atoms with Gasteiger partial charge in [0.2, 0.25) is 0 Å². The van der Waals surface area contributed by atoms with Crippen LogP contribution < -0.4 is 20.2 Å². The maximum atomic E-state index is 12.6. The van der Waals surface area contributed by atoms with Crippen molar-refractivity contribution in [3.8, 4) is 17.2 Å². The molecule has 0 aliphatic carbocycles. The molecule has 0 bridgehead atoms. The molecule has 146 valence electrons. The number of ether oxygens (including phenoxy) is 1. The zero-order valence-electron chi connectivity index (χ0n) is 15.8. The van der Waals surface area contributed by atoms with Gasteiger partial charge in [0.05, 0.1) is 12.5 Å². The molecular formula is C21H22N2O5. The predicted octanol–water partition coefficient (Wildman–Crippen LogP) is 2.85. The van der Waals surface area contributed by atoms with E-state index in [1.165, 1.54) is 12.1 Å². The number of phenolic OH excluding ortho intramolecular Hbond substituents is 2. The molecule has 7 nitrogen and oxygen atoms in total. The third kappa shape index (κ3) is 3.09. The van der Waals surface area contributed by atoms with E-state index in [-0.39, 0.29) is 17.1 Å². The first-order valence-electron chi connectivity index (χ1n) is 9.11. The summed E-state index contributed by atoms with van der Waals surface area (Å²) in [7, 11) is 1.65. The van der Waals surface area contributed by atoms with E-state index >= 15 is 0 Å². The van der Waals surface area contributed by atoms with Crippen molar-refractivity contribution in [2.24, 2.45) is 0 Å². The van der Waals surface area contributed by atoms with Gasteiger partial charge in [-0.1, -0.05) is 6.07 Å². The molecule has 2 aromatic carbocycles. The lowest BCUT2D eigenvalue weighted by Gasteiger charge is -2.37. The highest BCUT2D eigenvalue weighted by Gasteiger charge is 2.24. The molecule has 2 heterocycles. The first kappa shape index (κ1) is 18.0. The minimum Gasteiger partial charge on any atom is -0.508 e. The van der Waals surface area contributed by atoms with Crippen molar-refractivity contribution >= 4 is 22.3 Å². The Morgan fingerprint density at radius 3 is 2.46 bits per heavy atom. The summed E-state index contributed by atoms with van der Waals surface area (Å²) in [5, 5.41) is 20.3. The number of hydrogen-bond acceptors (Lipinski definition) is 7. The topological polar surface area (TPSA) is 86.4 Å². The summed E-state index contributed by atoms with van der Waals surface area (Å²) in [4.78, 5) is 16.8. The fourth-order valence-corrected chi connectivity index (χ4v) is 3.83. The lowest BCUT2D eigenvalue weighted by molar-refractivity contribution is 0.414. The van der Waals surface area contributed by atoms with Crippen molar-refractivity contribution < 1.29 is 19.4 Å². The second kappa shape index (κ2) is 6.99. The van der Waals surface area contributed by atoms with Gasteiger partial charge >= 0.3 is 5.63 Å². The second-order valence-corrected chi connectivity index (χ2v) is 6.88. The zero-order chi connectivity index (χ0) is 19.8. The molecule has 0 atom stereocenters. The molecule has 1 saturated heterocycles. The van der Waals surface area contributed by atoms with Gasteiger partial charge in [0.25, 0.3) is 0 Å². The summed E-state index contributed by atoms with van der Waals surface area (Å²) in [5.74, 6) is 0.560. The van der Waals surface area contributed by atoms with Gasteiger partial charge in [-0.15, -0.1) is 0 Å². The molecule has 2 N–H and O–H groups in total. The Hall–Kier alpha value is -3.35. The standard InChI is InChI=1S/C21H22N2O5/c1-13-19-17(25)11-15(24)12-18(19)28-21(26)20(13)23-8-6-22(7-9-23)14-4-3-5-16(10-14)27-2/h3-5,10-12,24-25H,6-9H2,1-2H3. The molecule has 0 amide bonds. The van der Waals surface area contributed by atoms with Crippen LogP contribution in [0.4, 0.5) is 11.4 Å². The van der Waals surface area contributed by atoms with Gasteiger partial charge in [0, 0.05) is 50.1 Å². The number of benzene rings is 2. The summed E-state index contributed by atoms with van der Waals surface area (Å²) >= 11 is 0. The molecule has 0 saturated carbocycles. The Bertz CT molecular complexity index is 1080. The zero-order valence-corrected chi connectivity index (χ0v) is 15.8. The molecule has 7 heteroatoms. The molecule has 1 aliphatic heterocycles. The minimum atomic E-state index is -0.468. The van der Waals surface area contributed by atoms with Crippen LogP contribution in [0.15, 0.2) is 45.6 Å². The summed E-state index contributed by atoms with van der Waals surface area (Å²) in [6.45, 7) is 4.57. The molecule has 4 rings (SSSR count). The number of fused-ring (bicyclic) bond motifs is 1. The van der Waals surface area contributed by atoms with Crippen molar-refractivity contribution in [1.29, 1.82) is 0 Å². The first-order valence-corrected chi connectivity index (χ1v) is 9.11. The van der Waals surface area contributed by atoms with E-state index in [1.807, 2.05) is 29.2 Å². The van der Waals surface area contributed by atoms with E-state index in [0.717, 1.165) is 24.5 Å². The number of aromatic hydroxyl groups is 2. The Morgan fingerprint density at radius 2 is 1.75 bits per heavy atom. The smallest absolute Gasteiger partial charge is 0.360 e. The molecule has 1 aliphatic rings. The summed E-state index contributed by atoms with van der Waals surface area (Å²) < 4.78 is 10.7. The largest absolute Gasteiger partial charge is 0.508 e. The van der Waals surface area contributed by atoms with Gasteiger partial charge < -0.3 is 29.2 Å². The summed E-state index contributed by atoms with van der Waals surface area (Å²) in [6.07, 6.45) is 0. The van der Waals surface area contributed by atoms with Crippen molar-refractivity contribution in [2.45, 2.75) is 6.92 Å². The number of aryl methyl sites for hydroxylation is 1. The lowest BCUT2D eigenvalue weighted by Crippen LogP contribution is -2.48. The number of rotatable bonds is 3. The van der Waals surface area contributed by atoms with Crippen LogP contribution in [0.2, 0.25) is 0 Å². The van der Waals surface area contributed by atoms with E-state index in [9.17, 15) is 15.0 Å². The van der Waals surface area contributed by atoms with Gasteiger partial charge in [0.15, 0.2) is 0 Å². The van der Waals surface area contributed by atoms with Crippen LogP contribution in [0.3, 0.4) is 0 Å². The van der Waals surface area contributed by atoms with Crippen LogP contribution in [0.5, 0.6) is 17.2 Å². The average molecular weight is 382 g/mol. The molecule has 3 aromatic rings. The van der Waals surface area contributed by atoms with Crippen LogP contribution in [0.1, 0.15) is 5.56 Å². The Balaban J connectivity index is 1.63. The normalized spacial score (nSPS) is 14.5. The van der Waals surface area contributed by atoms with E-state index in [0.29, 0.717) is 29.7 Å². The van der Waals surface area contributed by atoms with Crippen LogP contribution >= 0.6 is 0 Å². The highest BCUT2D eigenvalue weighted by molar-refractivity contribution is 5.91. The third-order valence-electron chi connectivity index (χ3n) is 5.21. The molecule has 0 unspecified atom stereocenters. The van der Waals surface area contributed by atoms with Crippen LogP contribution in [-0.4, -0.2) is 43.5 Å². The maximum absolute atomic E-state index is 12.6. The fourth-order valence-electron chi connectivity index (χ4n) is 3.83. The average Bonchev–Trinajstić information content (AvgIpc) is 2.67. The SMILES string of the molecule is COc1cccc(N2CCN(c3c(C)c4c(O)cc(O)cc4oc3=O)CC2)c1. The quantitative estimate of drug-likeness (QED) is 0.674. The number of methoxy groups -OCH3 is 1. The van der Waals surface area contributed by atoms with Gasteiger partial charge in [-0.05, 0) is 24.6 Å².